The average Bonchev–Trinajstić information content (AvgIpc) is 3.03. The monoisotopic (exact) mass is 306 g/mol. The number of thiazole rings is 1. The fourth-order valence-corrected chi connectivity index (χ4v) is 3.81. The lowest BCUT2D eigenvalue weighted by Crippen LogP contribution is -1.94. The molecular formula is C18H14N2OS. The molecule has 0 radical (unpaired) electrons. The molecular weight excluding hydrogens is 292 g/mol. The number of hydrogen-bond acceptors (Lipinski definition) is 3. The molecule has 3 nitrogen and oxygen atoms in total. The molecule has 0 aliphatic rings. The Labute approximate surface area is 131 Å². The molecule has 0 saturated carbocycles. The fourth-order valence-electron chi connectivity index (χ4n) is 2.83. The van der Waals surface area contributed by atoms with Crippen LogP contribution < -0.4 is 0 Å². The van der Waals surface area contributed by atoms with Crippen LogP contribution in [0.3, 0.4) is 0 Å². The molecule has 0 unspecified atom stereocenters. The molecule has 0 bridgehead atoms. The van der Waals surface area contributed by atoms with E-state index in [1.165, 1.54) is 10.3 Å². The van der Waals surface area contributed by atoms with Crippen LogP contribution in [0.25, 0.3) is 27.0 Å². The maximum Gasteiger partial charge on any atom is 0.195 e. The first kappa shape index (κ1) is 13.2. The minimum absolute atomic E-state index is 0.632. The highest BCUT2D eigenvalue weighted by Crippen LogP contribution is 2.31. The third-order valence-electron chi connectivity index (χ3n) is 4.11. The molecule has 0 aliphatic carbocycles. The minimum atomic E-state index is 0.632. The quantitative estimate of drug-likeness (QED) is 0.505. The molecule has 0 saturated heterocycles. The third-order valence-corrected chi connectivity index (χ3v) is 5.16. The van der Waals surface area contributed by atoms with Crippen LogP contribution in [0.15, 0.2) is 42.5 Å². The first-order chi connectivity index (χ1) is 10.7. The van der Waals surface area contributed by atoms with E-state index < -0.39 is 0 Å². The first-order valence-corrected chi connectivity index (χ1v) is 7.93. The number of imidazole rings is 1. The zero-order valence-electron chi connectivity index (χ0n) is 12.3. The smallest absolute Gasteiger partial charge is 0.195 e. The van der Waals surface area contributed by atoms with Crippen molar-refractivity contribution in [1.29, 1.82) is 0 Å². The van der Waals surface area contributed by atoms with Gasteiger partial charge in [-0.15, -0.1) is 11.3 Å². The van der Waals surface area contributed by atoms with Crippen LogP contribution in [0.4, 0.5) is 0 Å². The van der Waals surface area contributed by atoms with Gasteiger partial charge in [-0.2, -0.15) is 0 Å². The van der Waals surface area contributed by atoms with Crippen molar-refractivity contribution < 1.29 is 4.79 Å². The van der Waals surface area contributed by atoms with Crippen LogP contribution in [0.5, 0.6) is 0 Å². The summed E-state index contributed by atoms with van der Waals surface area (Å²) >= 11 is 1.62. The van der Waals surface area contributed by atoms with Crippen LogP contribution in [0.1, 0.15) is 21.1 Å². The largest absolute Gasteiger partial charge is 0.296 e. The Bertz CT molecular complexity index is 1030. The van der Waals surface area contributed by atoms with E-state index in [1.54, 1.807) is 11.3 Å². The van der Waals surface area contributed by atoms with Crippen molar-refractivity contribution in [3.05, 3.63) is 58.7 Å². The summed E-state index contributed by atoms with van der Waals surface area (Å²) in [5.74, 6) is 0. The van der Waals surface area contributed by atoms with Crippen LogP contribution in [-0.4, -0.2) is 15.7 Å². The average molecular weight is 306 g/mol. The third kappa shape index (κ3) is 1.81. The maximum absolute atomic E-state index is 11.6. The van der Waals surface area contributed by atoms with Gasteiger partial charge in [0.15, 0.2) is 11.2 Å². The van der Waals surface area contributed by atoms with E-state index in [9.17, 15) is 4.79 Å². The molecule has 0 fully saturated rings. The topological polar surface area (TPSA) is 34.4 Å². The Balaban J connectivity index is 2.01. The molecule has 108 valence electrons. The zero-order valence-corrected chi connectivity index (χ0v) is 13.1. The number of carbonyl (C=O) groups is 1. The van der Waals surface area contributed by atoms with Crippen molar-refractivity contribution >= 4 is 33.4 Å². The van der Waals surface area contributed by atoms with Crippen molar-refractivity contribution in [2.24, 2.45) is 0 Å². The summed E-state index contributed by atoms with van der Waals surface area (Å²) in [6.07, 6.45) is 0.906. The Hall–Kier alpha value is -2.46. The Kier molecular flexibility index (Phi) is 2.87. The number of aryl methyl sites for hydroxylation is 2. The van der Waals surface area contributed by atoms with E-state index in [0.717, 1.165) is 33.6 Å². The van der Waals surface area contributed by atoms with Crippen molar-refractivity contribution in [2.75, 3.05) is 0 Å². The number of benzene rings is 2. The SMILES string of the molecule is Cc1sc2nc(-c3ccc4ccccc4c3)c(C=O)n2c1C. The second kappa shape index (κ2) is 4.78. The van der Waals surface area contributed by atoms with Gasteiger partial charge in [-0.25, -0.2) is 4.98 Å². The number of carbonyl (C=O) groups excluding carboxylic acids is 1. The molecule has 0 amide bonds. The van der Waals surface area contributed by atoms with Crippen LogP contribution in [-0.2, 0) is 0 Å². The molecule has 22 heavy (non-hydrogen) atoms. The van der Waals surface area contributed by atoms with Gasteiger partial charge >= 0.3 is 0 Å². The Morgan fingerprint density at radius 2 is 1.86 bits per heavy atom. The molecule has 0 spiro atoms. The summed E-state index contributed by atoms with van der Waals surface area (Å²) in [7, 11) is 0. The predicted molar refractivity (Wildman–Crippen MR) is 90.9 cm³/mol. The molecule has 2 aromatic heterocycles. The summed E-state index contributed by atoms with van der Waals surface area (Å²) in [5.41, 5.74) is 3.46. The van der Waals surface area contributed by atoms with Crippen LogP contribution in [0.2, 0.25) is 0 Å². The number of aldehydes is 1. The van der Waals surface area contributed by atoms with Gasteiger partial charge in [-0.05, 0) is 30.7 Å². The van der Waals surface area contributed by atoms with Crippen LogP contribution >= 0.6 is 11.3 Å². The minimum Gasteiger partial charge on any atom is -0.296 e. The van der Waals surface area contributed by atoms with E-state index in [2.05, 4.69) is 31.2 Å². The molecule has 4 aromatic rings. The summed E-state index contributed by atoms with van der Waals surface area (Å²) in [5, 5.41) is 2.34. The van der Waals surface area contributed by atoms with Gasteiger partial charge in [0, 0.05) is 16.1 Å². The van der Waals surface area contributed by atoms with E-state index in [1.807, 2.05) is 29.5 Å². The van der Waals surface area contributed by atoms with Gasteiger partial charge in [0.25, 0.3) is 0 Å². The molecule has 2 heterocycles. The van der Waals surface area contributed by atoms with Crippen LogP contribution in [0, 0.1) is 13.8 Å². The fraction of sp³-hybridized carbons (Fsp3) is 0.111. The summed E-state index contributed by atoms with van der Waals surface area (Å²) in [6, 6.07) is 14.4. The standard InChI is InChI=1S/C18H14N2OS/c1-11-12(2)22-18-19-17(16(10-21)20(11)18)15-8-7-13-5-3-4-6-14(13)9-15/h3-10H,1-2H3. The van der Waals surface area contributed by atoms with Gasteiger partial charge in [0.1, 0.15) is 11.4 Å². The van der Waals surface area contributed by atoms with Gasteiger partial charge in [0.2, 0.25) is 0 Å². The molecule has 4 rings (SSSR count). The van der Waals surface area contributed by atoms with E-state index >= 15 is 0 Å². The Morgan fingerprint density at radius 1 is 1.09 bits per heavy atom. The molecule has 0 aliphatic heterocycles. The predicted octanol–water partition coefficient (Wildman–Crippen LogP) is 4.65. The number of nitrogens with zero attached hydrogens (tertiary/aromatic N) is 2. The highest BCUT2D eigenvalue weighted by atomic mass is 32.1. The normalized spacial score (nSPS) is 11.4. The van der Waals surface area contributed by atoms with Gasteiger partial charge in [0.05, 0.1) is 0 Å². The number of aromatic nitrogens is 2. The molecule has 2 aromatic carbocycles. The summed E-state index contributed by atoms with van der Waals surface area (Å²) < 4.78 is 1.96. The van der Waals surface area contributed by atoms with Crippen molar-refractivity contribution in [3.63, 3.8) is 0 Å². The number of fused-ring (bicyclic) bond motifs is 2. The molecule has 0 atom stereocenters. The van der Waals surface area contributed by atoms with E-state index in [-0.39, 0.29) is 0 Å². The van der Waals surface area contributed by atoms with Gasteiger partial charge < -0.3 is 0 Å². The van der Waals surface area contributed by atoms with Crippen molar-refractivity contribution in [3.8, 4) is 11.3 Å². The number of rotatable bonds is 2. The maximum atomic E-state index is 11.6. The second-order valence-electron chi connectivity index (χ2n) is 5.39. The van der Waals surface area contributed by atoms with Crippen molar-refractivity contribution in [1.82, 2.24) is 9.38 Å². The Morgan fingerprint density at radius 3 is 2.64 bits per heavy atom. The lowest BCUT2D eigenvalue weighted by atomic mass is 10.0. The summed E-state index contributed by atoms with van der Waals surface area (Å²) in [6.45, 7) is 4.08. The lowest BCUT2D eigenvalue weighted by Gasteiger charge is -2.03. The molecule has 0 N–H and O–H groups in total. The molecule has 4 heteroatoms. The zero-order chi connectivity index (χ0) is 15.3. The lowest BCUT2D eigenvalue weighted by molar-refractivity contribution is 0.111. The van der Waals surface area contributed by atoms with Crippen molar-refractivity contribution in [2.45, 2.75) is 13.8 Å². The van der Waals surface area contributed by atoms with Gasteiger partial charge in [-0.1, -0.05) is 36.4 Å². The highest BCUT2D eigenvalue weighted by Gasteiger charge is 2.18. The number of hydrogen-bond donors (Lipinski definition) is 0. The van der Waals surface area contributed by atoms with E-state index in [4.69, 9.17) is 4.98 Å². The van der Waals surface area contributed by atoms with E-state index in [0.29, 0.717) is 5.69 Å². The van der Waals surface area contributed by atoms with Gasteiger partial charge in [-0.3, -0.25) is 9.20 Å². The summed E-state index contributed by atoms with van der Waals surface area (Å²) in [4.78, 5) is 18.4. The second-order valence-corrected chi connectivity index (χ2v) is 6.57. The highest BCUT2D eigenvalue weighted by molar-refractivity contribution is 7.17. The first-order valence-electron chi connectivity index (χ1n) is 7.12.